The molecule has 0 aliphatic carbocycles. The predicted octanol–water partition coefficient (Wildman–Crippen LogP) is 4.81. The van der Waals surface area contributed by atoms with Crippen molar-refractivity contribution in [1.82, 2.24) is 15.5 Å². The van der Waals surface area contributed by atoms with Crippen LogP contribution in [0.3, 0.4) is 0 Å². The van der Waals surface area contributed by atoms with Crippen molar-refractivity contribution < 1.29 is 24.6 Å². The van der Waals surface area contributed by atoms with Crippen molar-refractivity contribution in [2.75, 3.05) is 5.32 Å². The number of aliphatic carboxylic acids is 1. The number of H-pyrrole nitrogens is 1. The second-order valence-corrected chi connectivity index (χ2v) is 9.62. The molecule has 2 atom stereocenters. The first-order valence-electron chi connectivity index (χ1n) is 11.9. The summed E-state index contributed by atoms with van der Waals surface area (Å²) >= 11 is 12.1. The molecular formula is C28H24Cl2N4O5. The van der Waals surface area contributed by atoms with Crippen LogP contribution in [0.25, 0.3) is 11.1 Å². The van der Waals surface area contributed by atoms with Crippen molar-refractivity contribution >= 4 is 46.8 Å². The summed E-state index contributed by atoms with van der Waals surface area (Å²) in [6, 6.07) is 22.1. The van der Waals surface area contributed by atoms with Gasteiger partial charge in [-0.15, -0.1) is 0 Å². The molecule has 200 valence electrons. The number of hydrogen-bond donors (Lipinski definition) is 5. The molecule has 11 heteroatoms. The van der Waals surface area contributed by atoms with Crippen LogP contribution in [0.15, 0.2) is 78.9 Å². The molecule has 0 bridgehead atoms. The summed E-state index contributed by atoms with van der Waals surface area (Å²) in [7, 11) is 0. The topological polar surface area (TPSA) is 144 Å². The van der Waals surface area contributed by atoms with Gasteiger partial charge in [0, 0.05) is 23.6 Å². The SMILES string of the molecule is O=C(N[C@H](Cc1ccc(-c2cccc(Cl)c2)cc1)C[C@@H](O)C(=O)O)c1cc(NC(=O)c2ccccc2Cl)n[nH]1. The molecule has 39 heavy (non-hydrogen) atoms. The Bertz CT molecular complexity index is 1490. The molecule has 0 saturated heterocycles. The molecule has 5 N–H and O–H groups in total. The molecule has 1 heterocycles. The Hall–Kier alpha value is -4.18. The van der Waals surface area contributed by atoms with Crippen molar-refractivity contribution in [3.8, 4) is 11.1 Å². The first kappa shape index (κ1) is 27.8. The van der Waals surface area contributed by atoms with E-state index in [1.165, 1.54) is 6.07 Å². The maximum absolute atomic E-state index is 12.9. The number of benzene rings is 3. The van der Waals surface area contributed by atoms with Gasteiger partial charge in [0.15, 0.2) is 11.9 Å². The number of aromatic nitrogens is 2. The van der Waals surface area contributed by atoms with E-state index in [4.69, 9.17) is 23.2 Å². The number of aromatic amines is 1. The van der Waals surface area contributed by atoms with Gasteiger partial charge in [0.2, 0.25) is 0 Å². The number of aliphatic hydroxyl groups is 1. The number of amides is 2. The third kappa shape index (κ3) is 7.44. The Kier molecular flexibility index (Phi) is 8.98. The molecule has 3 aromatic carbocycles. The molecule has 0 aliphatic rings. The Morgan fingerprint density at radius 3 is 2.33 bits per heavy atom. The van der Waals surface area contributed by atoms with Crippen molar-refractivity contribution in [2.24, 2.45) is 0 Å². The lowest BCUT2D eigenvalue weighted by molar-refractivity contribution is -0.147. The summed E-state index contributed by atoms with van der Waals surface area (Å²) in [4.78, 5) is 36.7. The number of carboxylic acids is 1. The van der Waals surface area contributed by atoms with Crippen LogP contribution in [0, 0.1) is 0 Å². The molecule has 9 nitrogen and oxygen atoms in total. The van der Waals surface area contributed by atoms with Gasteiger partial charge in [-0.3, -0.25) is 14.7 Å². The normalized spacial score (nSPS) is 12.4. The van der Waals surface area contributed by atoms with E-state index in [1.54, 1.807) is 30.3 Å². The van der Waals surface area contributed by atoms with Crippen LogP contribution >= 0.6 is 23.2 Å². The summed E-state index contributed by atoms with van der Waals surface area (Å²) in [5.74, 6) is -2.37. The Balaban J connectivity index is 1.44. The number of anilines is 1. The largest absolute Gasteiger partial charge is 0.479 e. The van der Waals surface area contributed by atoms with Crippen molar-refractivity contribution in [1.29, 1.82) is 0 Å². The number of hydrogen-bond acceptors (Lipinski definition) is 5. The Morgan fingerprint density at radius 2 is 1.64 bits per heavy atom. The molecule has 4 aromatic rings. The number of aliphatic hydroxyl groups excluding tert-OH is 1. The van der Waals surface area contributed by atoms with Crippen LogP contribution in [0.2, 0.25) is 10.0 Å². The molecule has 0 radical (unpaired) electrons. The van der Waals surface area contributed by atoms with Gasteiger partial charge in [0.25, 0.3) is 11.8 Å². The Labute approximate surface area is 233 Å². The van der Waals surface area contributed by atoms with E-state index < -0.39 is 29.9 Å². The highest BCUT2D eigenvalue weighted by Gasteiger charge is 2.23. The highest BCUT2D eigenvalue weighted by atomic mass is 35.5. The second kappa shape index (κ2) is 12.6. The minimum absolute atomic E-state index is 0.0376. The van der Waals surface area contributed by atoms with Gasteiger partial charge in [-0.05, 0) is 47.4 Å². The maximum atomic E-state index is 12.9. The van der Waals surface area contributed by atoms with Gasteiger partial charge >= 0.3 is 5.97 Å². The first-order valence-corrected chi connectivity index (χ1v) is 12.6. The third-order valence-corrected chi connectivity index (χ3v) is 6.47. The van der Waals surface area contributed by atoms with Crippen LogP contribution in [-0.2, 0) is 11.2 Å². The molecule has 2 amide bonds. The lowest BCUT2D eigenvalue weighted by atomic mass is 9.97. The molecule has 0 unspecified atom stereocenters. The fourth-order valence-electron chi connectivity index (χ4n) is 3.94. The van der Waals surface area contributed by atoms with Crippen LogP contribution < -0.4 is 10.6 Å². The van der Waals surface area contributed by atoms with Crippen molar-refractivity contribution in [3.63, 3.8) is 0 Å². The summed E-state index contributed by atoms with van der Waals surface area (Å²) < 4.78 is 0. The summed E-state index contributed by atoms with van der Waals surface area (Å²) in [6.45, 7) is 0. The number of halogens is 2. The third-order valence-electron chi connectivity index (χ3n) is 5.90. The van der Waals surface area contributed by atoms with Gasteiger partial charge < -0.3 is 20.8 Å². The van der Waals surface area contributed by atoms with Gasteiger partial charge in [-0.2, -0.15) is 5.10 Å². The van der Waals surface area contributed by atoms with E-state index in [1.807, 2.05) is 42.5 Å². The summed E-state index contributed by atoms with van der Waals surface area (Å²) in [6.07, 6.45) is -1.63. The first-order chi connectivity index (χ1) is 18.7. The lowest BCUT2D eigenvalue weighted by Gasteiger charge is -2.20. The number of carbonyl (C=O) groups is 3. The Morgan fingerprint density at radius 1 is 0.897 bits per heavy atom. The average molecular weight is 567 g/mol. The standard InChI is InChI=1S/C28H24Cl2N4O5/c29-19-5-3-4-18(13-19)17-10-8-16(9-11-17)12-20(14-24(35)28(38)39)31-27(37)23-15-25(34-33-23)32-26(36)21-6-1-2-7-22(21)30/h1-11,13,15,20,24,35H,12,14H2,(H,31,37)(H,38,39)(H2,32,33,34,36)/t20-,24-/m1/s1. The van der Waals surface area contributed by atoms with Crippen LogP contribution in [0.1, 0.15) is 32.8 Å². The summed E-state index contributed by atoms with van der Waals surface area (Å²) in [5, 5.41) is 31.9. The average Bonchev–Trinajstić information content (AvgIpc) is 3.38. The van der Waals surface area contributed by atoms with Gasteiger partial charge in [0.05, 0.1) is 10.6 Å². The second-order valence-electron chi connectivity index (χ2n) is 8.77. The fourth-order valence-corrected chi connectivity index (χ4v) is 4.36. The molecule has 1 aromatic heterocycles. The van der Waals surface area contributed by atoms with E-state index in [2.05, 4.69) is 20.8 Å². The van der Waals surface area contributed by atoms with Crippen molar-refractivity contribution in [2.45, 2.75) is 25.0 Å². The highest BCUT2D eigenvalue weighted by Crippen LogP contribution is 2.24. The number of carboxylic acid groups (broad SMARTS) is 1. The van der Waals surface area contributed by atoms with E-state index in [-0.39, 0.29) is 34.9 Å². The lowest BCUT2D eigenvalue weighted by Crippen LogP contribution is -2.40. The minimum atomic E-state index is -1.67. The number of rotatable bonds is 10. The number of carbonyl (C=O) groups excluding carboxylic acids is 2. The number of nitrogens with one attached hydrogen (secondary N) is 3. The maximum Gasteiger partial charge on any atom is 0.332 e. The number of nitrogens with zero attached hydrogens (tertiary/aromatic N) is 1. The molecule has 0 fully saturated rings. The van der Waals surface area contributed by atoms with Gasteiger partial charge in [-0.1, -0.05) is 71.7 Å². The predicted molar refractivity (Wildman–Crippen MR) is 148 cm³/mol. The summed E-state index contributed by atoms with van der Waals surface area (Å²) in [5.41, 5.74) is 2.99. The van der Waals surface area contributed by atoms with Crippen LogP contribution in [0.5, 0.6) is 0 Å². The zero-order valence-corrected chi connectivity index (χ0v) is 21.9. The van der Waals surface area contributed by atoms with E-state index >= 15 is 0 Å². The van der Waals surface area contributed by atoms with E-state index in [9.17, 15) is 24.6 Å². The highest BCUT2D eigenvalue weighted by molar-refractivity contribution is 6.34. The zero-order valence-electron chi connectivity index (χ0n) is 20.4. The van der Waals surface area contributed by atoms with Crippen LogP contribution in [0.4, 0.5) is 5.82 Å². The molecule has 4 rings (SSSR count). The molecule has 0 spiro atoms. The zero-order chi connectivity index (χ0) is 27.9. The van der Waals surface area contributed by atoms with E-state index in [0.29, 0.717) is 5.02 Å². The molecule has 0 aliphatic heterocycles. The van der Waals surface area contributed by atoms with Gasteiger partial charge in [-0.25, -0.2) is 4.79 Å². The molecule has 0 saturated carbocycles. The molecular weight excluding hydrogens is 543 g/mol. The van der Waals surface area contributed by atoms with Gasteiger partial charge in [0.1, 0.15) is 5.69 Å². The monoisotopic (exact) mass is 566 g/mol. The van der Waals surface area contributed by atoms with Crippen molar-refractivity contribution in [3.05, 3.63) is 106 Å². The quantitative estimate of drug-likeness (QED) is 0.186. The smallest absolute Gasteiger partial charge is 0.332 e. The van der Waals surface area contributed by atoms with Crippen LogP contribution in [-0.4, -0.2) is 50.3 Å². The minimum Gasteiger partial charge on any atom is -0.479 e. The fraction of sp³-hybridized carbons (Fsp3) is 0.143. The van der Waals surface area contributed by atoms with E-state index in [0.717, 1.165) is 16.7 Å².